The first-order valence-electron chi connectivity index (χ1n) is 4.89. The third kappa shape index (κ3) is 2.39. The van der Waals surface area contributed by atoms with E-state index < -0.39 is 0 Å². The highest BCUT2D eigenvalue weighted by Crippen LogP contribution is 2.20. The van der Waals surface area contributed by atoms with E-state index in [4.69, 9.17) is 4.74 Å². The molecule has 0 radical (unpaired) electrons. The molecule has 3 heteroatoms. The average Bonchev–Trinajstić information content (AvgIpc) is 2.52. The predicted molar refractivity (Wildman–Crippen MR) is 66.6 cm³/mol. The highest BCUT2D eigenvalue weighted by Gasteiger charge is 2.23. The van der Waals surface area contributed by atoms with Crippen LogP contribution in [-0.2, 0) is 4.74 Å². The van der Waals surface area contributed by atoms with Gasteiger partial charge in [0.05, 0.1) is 12.1 Å². The van der Waals surface area contributed by atoms with Crippen molar-refractivity contribution in [3.8, 4) is 0 Å². The zero-order chi connectivity index (χ0) is 9.97. The van der Waals surface area contributed by atoms with Gasteiger partial charge >= 0.3 is 0 Å². The standard InChI is InChI=1S/C11H14INO/c1-8-11(5-6-14-8)13-10-4-2-3-9(12)7-10/h2-4,7-8,11,13H,5-6H2,1H3/t8-,11-/m1/s1. The molecular formula is C11H14INO. The van der Waals surface area contributed by atoms with Crippen molar-refractivity contribution in [2.75, 3.05) is 11.9 Å². The lowest BCUT2D eigenvalue weighted by atomic mass is 10.1. The lowest BCUT2D eigenvalue weighted by Crippen LogP contribution is -2.26. The molecule has 1 N–H and O–H groups in total. The molecule has 1 aliphatic rings. The highest BCUT2D eigenvalue weighted by molar-refractivity contribution is 14.1. The Labute approximate surface area is 98.2 Å². The Balaban J connectivity index is 2.03. The molecule has 1 aromatic rings. The number of anilines is 1. The molecule has 1 aliphatic heterocycles. The third-order valence-corrected chi connectivity index (χ3v) is 3.22. The van der Waals surface area contributed by atoms with Crippen molar-refractivity contribution in [2.45, 2.75) is 25.5 Å². The lowest BCUT2D eigenvalue weighted by molar-refractivity contribution is 0.121. The lowest BCUT2D eigenvalue weighted by Gasteiger charge is -2.17. The van der Waals surface area contributed by atoms with Crippen LogP contribution in [0.25, 0.3) is 0 Å². The van der Waals surface area contributed by atoms with E-state index in [2.05, 4.69) is 59.1 Å². The van der Waals surface area contributed by atoms with Gasteiger partial charge in [0.15, 0.2) is 0 Å². The van der Waals surface area contributed by atoms with Crippen molar-refractivity contribution >= 4 is 28.3 Å². The van der Waals surface area contributed by atoms with Gasteiger partial charge in [0.2, 0.25) is 0 Å². The summed E-state index contributed by atoms with van der Waals surface area (Å²) in [7, 11) is 0. The maximum atomic E-state index is 5.50. The van der Waals surface area contributed by atoms with E-state index in [0.717, 1.165) is 13.0 Å². The molecule has 1 aromatic carbocycles. The molecule has 2 rings (SSSR count). The molecule has 0 aliphatic carbocycles. The number of hydrogen-bond acceptors (Lipinski definition) is 2. The Morgan fingerprint density at radius 3 is 3.00 bits per heavy atom. The topological polar surface area (TPSA) is 21.3 Å². The Morgan fingerprint density at radius 2 is 2.36 bits per heavy atom. The fraction of sp³-hybridized carbons (Fsp3) is 0.455. The minimum Gasteiger partial charge on any atom is -0.380 e. The van der Waals surface area contributed by atoms with Crippen LogP contribution in [0, 0.1) is 3.57 Å². The third-order valence-electron chi connectivity index (χ3n) is 2.55. The van der Waals surface area contributed by atoms with Crippen LogP contribution in [0.15, 0.2) is 24.3 Å². The summed E-state index contributed by atoms with van der Waals surface area (Å²) in [4.78, 5) is 0. The highest BCUT2D eigenvalue weighted by atomic mass is 127. The number of ether oxygens (including phenoxy) is 1. The number of rotatable bonds is 2. The number of halogens is 1. The van der Waals surface area contributed by atoms with Crippen molar-refractivity contribution < 1.29 is 4.74 Å². The summed E-state index contributed by atoms with van der Waals surface area (Å²) in [6.45, 7) is 3.00. The minimum atomic E-state index is 0.327. The summed E-state index contributed by atoms with van der Waals surface area (Å²) < 4.78 is 6.77. The fourth-order valence-electron chi connectivity index (χ4n) is 1.71. The van der Waals surface area contributed by atoms with E-state index in [0.29, 0.717) is 12.1 Å². The van der Waals surface area contributed by atoms with Crippen molar-refractivity contribution in [3.63, 3.8) is 0 Å². The molecule has 76 valence electrons. The molecule has 0 aromatic heterocycles. The van der Waals surface area contributed by atoms with Gasteiger partial charge in [-0.3, -0.25) is 0 Å². The van der Waals surface area contributed by atoms with Crippen molar-refractivity contribution in [1.82, 2.24) is 0 Å². The van der Waals surface area contributed by atoms with E-state index in [1.54, 1.807) is 0 Å². The molecule has 1 saturated heterocycles. The average molecular weight is 303 g/mol. The predicted octanol–water partition coefficient (Wildman–Crippen LogP) is 2.88. The van der Waals surface area contributed by atoms with E-state index in [9.17, 15) is 0 Å². The maximum absolute atomic E-state index is 5.50. The first-order valence-corrected chi connectivity index (χ1v) is 5.97. The van der Waals surface area contributed by atoms with Crippen LogP contribution < -0.4 is 5.32 Å². The minimum absolute atomic E-state index is 0.327. The van der Waals surface area contributed by atoms with E-state index >= 15 is 0 Å². The summed E-state index contributed by atoms with van der Waals surface area (Å²) in [5.41, 5.74) is 1.19. The second kappa shape index (κ2) is 4.49. The van der Waals surface area contributed by atoms with E-state index in [-0.39, 0.29) is 0 Å². The summed E-state index contributed by atoms with van der Waals surface area (Å²) in [5, 5.41) is 3.50. The monoisotopic (exact) mass is 303 g/mol. The van der Waals surface area contributed by atoms with Crippen LogP contribution in [0.4, 0.5) is 5.69 Å². The van der Waals surface area contributed by atoms with Gasteiger partial charge in [0.1, 0.15) is 0 Å². The maximum Gasteiger partial charge on any atom is 0.0748 e. The van der Waals surface area contributed by atoms with E-state index in [1.807, 2.05) is 0 Å². The largest absolute Gasteiger partial charge is 0.380 e. The van der Waals surface area contributed by atoms with Crippen LogP contribution in [0.1, 0.15) is 13.3 Å². The normalized spacial score (nSPS) is 26.4. The van der Waals surface area contributed by atoms with Gasteiger partial charge in [-0.1, -0.05) is 6.07 Å². The molecule has 14 heavy (non-hydrogen) atoms. The van der Waals surface area contributed by atoms with Crippen molar-refractivity contribution in [2.24, 2.45) is 0 Å². The molecule has 2 atom stereocenters. The Hall–Kier alpha value is -0.290. The van der Waals surface area contributed by atoms with Crippen LogP contribution >= 0.6 is 22.6 Å². The van der Waals surface area contributed by atoms with Gasteiger partial charge in [-0.2, -0.15) is 0 Å². The summed E-state index contributed by atoms with van der Waals surface area (Å²) in [5.74, 6) is 0. The molecule has 0 saturated carbocycles. The molecular weight excluding hydrogens is 289 g/mol. The van der Waals surface area contributed by atoms with E-state index in [1.165, 1.54) is 9.26 Å². The SMILES string of the molecule is C[C@H]1OCC[C@H]1Nc1cccc(I)c1. The van der Waals surface area contributed by atoms with Gasteiger partial charge in [-0.25, -0.2) is 0 Å². The van der Waals surface area contributed by atoms with Crippen LogP contribution in [0.2, 0.25) is 0 Å². The molecule has 0 amide bonds. The summed E-state index contributed by atoms with van der Waals surface area (Å²) in [6, 6.07) is 8.90. The number of benzene rings is 1. The van der Waals surface area contributed by atoms with Gasteiger partial charge in [0, 0.05) is 15.9 Å². The van der Waals surface area contributed by atoms with Crippen molar-refractivity contribution in [3.05, 3.63) is 27.8 Å². The van der Waals surface area contributed by atoms with Gasteiger partial charge in [0.25, 0.3) is 0 Å². The number of hydrogen-bond donors (Lipinski definition) is 1. The second-order valence-electron chi connectivity index (χ2n) is 3.63. The zero-order valence-electron chi connectivity index (χ0n) is 8.16. The Bertz CT molecular complexity index is 316. The molecule has 0 unspecified atom stereocenters. The van der Waals surface area contributed by atoms with Gasteiger partial charge in [-0.15, -0.1) is 0 Å². The van der Waals surface area contributed by atoms with Gasteiger partial charge < -0.3 is 10.1 Å². The summed E-state index contributed by atoms with van der Waals surface area (Å²) in [6.07, 6.45) is 1.43. The number of nitrogens with one attached hydrogen (secondary N) is 1. The molecule has 0 bridgehead atoms. The Morgan fingerprint density at radius 1 is 1.50 bits per heavy atom. The zero-order valence-corrected chi connectivity index (χ0v) is 10.3. The molecule has 0 spiro atoms. The first kappa shape index (κ1) is 10.2. The smallest absolute Gasteiger partial charge is 0.0748 e. The Kier molecular flexibility index (Phi) is 3.28. The molecule has 2 nitrogen and oxygen atoms in total. The van der Waals surface area contributed by atoms with Crippen LogP contribution in [0.5, 0.6) is 0 Å². The fourth-order valence-corrected chi connectivity index (χ4v) is 2.26. The van der Waals surface area contributed by atoms with Crippen LogP contribution in [0.3, 0.4) is 0 Å². The van der Waals surface area contributed by atoms with Gasteiger partial charge in [-0.05, 0) is 54.1 Å². The van der Waals surface area contributed by atoms with Crippen molar-refractivity contribution in [1.29, 1.82) is 0 Å². The quantitative estimate of drug-likeness (QED) is 0.848. The summed E-state index contributed by atoms with van der Waals surface area (Å²) >= 11 is 2.33. The molecule has 1 fully saturated rings. The van der Waals surface area contributed by atoms with Crippen LogP contribution in [-0.4, -0.2) is 18.8 Å². The molecule has 1 heterocycles. The second-order valence-corrected chi connectivity index (χ2v) is 4.87. The first-order chi connectivity index (χ1) is 6.75.